The number of ketones is 1. The number of hydrogen-bond donors (Lipinski definition) is 1. The van der Waals surface area contributed by atoms with Crippen molar-refractivity contribution in [3.8, 4) is 0 Å². The van der Waals surface area contributed by atoms with Gasteiger partial charge < -0.3 is 10.2 Å². The van der Waals surface area contributed by atoms with Crippen LogP contribution in [0.15, 0.2) is 6.07 Å². The number of nitrogens with zero attached hydrogens (tertiary/aromatic N) is 3. The monoisotopic (exact) mass is 278 g/mol. The number of rotatable bonds is 4. The lowest BCUT2D eigenvalue weighted by Crippen LogP contribution is -2.36. The number of aryl methyl sites for hydroxylation is 1. The van der Waals surface area contributed by atoms with Crippen LogP contribution in [0.5, 0.6) is 0 Å². The molecule has 0 saturated carbocycles. The van der Waals surface area contributed by atoms with Crippen LogP contribution < -0.4 is 10.2 Å². The molecule has 0 aliphatic carbocycles. The van der Waals surface area contributed by atoms with Gasteiger partial charge in [0.25, 0.3) is 5.91 Å². The fourth-order valence-electron chi connectivity index (χ4n) is 1.39. The number of Topliss-reactive ketones (excluding diaryl/α,β-unsaturated/α-hetero) is 1. The first kappa shape index (κ1) is 16.1. The molecule has 0 fully saturated rings. The third kappa shape index (κ3) is 4.29. The lowest BCUT2D eigenvalue weighted by molar-refractivity contribution is -0.125. The highest BCUT2D eigenvalue weighted by Crippen LogP contribution is 2.13. The lowest BCUT2D eigenvalue weighted by Gasteiger charge is -2.17. The fraction of sp³-hybridized carbons (Fsp3) is 0.571. The SMILES string of the molecule is Cc1cc(C(=O)NCC(=O)C(C)(C)C)nc(N(C)C)n1. The van der Waals surface area contributed by atoms with Crippen molar-refractivity contribution in [3.63, 3.8) is 0 Å². The van der Waals surface area contributed by atoms with Crippen molar-refractivity contribution in [2.75, 3.05) is 25.5 Å². The van der Waals surface area contributed by atoms with E-state index >= 15 is 0 Å². The molecular formula is C14H22N4O2. The summed E-state index contributed by atoms with van der Waals surface area (Å²) in [6.07, 6.45) is 0. The zero-order valence-electron chi connectivity index (χ0n) is 12.9. The van der Waals surface area contributed by atoms with Crippen molar-refractivity contribution in [2.24, 2.45) is 5.41 Å². The first-order valence-electron chi connectivity index (χ1n) is 6.46. The molecule has 0 saturated heterocycles. The van der Waals surface area contributed by atoms with Crippen molar-refractivity contribution in [2.45, 2.75) is 27.7 Å². The molecule has 0 unspecified atom stereocenters. The molecule has 20 heavy (non-hydrogen) atoms. The van der Waals surface area contributed by atoms with E-state index in [1.165, 1.54) is 0 Å². The van der Waals surface area contributed by atoms with Crippen molar-refractivity contribution in [1.82, 2.24) is 15.3 Å². The average Bonchev–Trinajstić information content (AvgIpc) is 2.33. The van der Waals surface area contributed by atoms with E-state index in [4.69, 9.17) is 0 Å². The number of aromatic nitrogens is 2. The van der Waals surface area contributed by atoms with Gasteiger partial charge in [-0.2, -0.15) is 0 Å². The second kappa shape index (κ2) is 5.98. The summed E-state index contributed by atoms with van der Waals surface area (Å²) < 4.78 is 0. The number of carbonyl (C=O) groups is 2. The van der Waals surface area contributed by atoms with E-state index in [2.05, 4.69) is 15.3 Å². The first-order valence-corrected chi connectivity index (χ1v) is 6.46. The van der Waals surface area contributed by atoms with Crippen LogP contribution in [0.3, 0.4) is 0 Å². The summed E-state index contributed by atoms with van der Waals surface area (Å²) in [5.41, 5.74) is 0.503. The Morgan fingerprint density at radius 1 is 1.25 bits per heavy atom. The van der Waals surface area contributed by atoms with Crippen molar-refractivity contribution >= 4 is 17.6 Å². The fourth-order valence-corrected chi connectivity index (χ4v) is 1.39. The third-order valence-corrected chi connectivity index (χ3v) is 2.72. The largest absolute Gasteiger partial charge is 0.347 e. The minimum absolute atomic E-state index is 0.00266. The minimum atomic E-state index is -0.469. The topological polar surface area (TPSA) is 75.2 Å². The number of nitrogens with one attached hydrogen (secondary N) is 1. The standard InChI is InChI=1S/C14H22N4O2/c1-9-7-10(17-13(16-9)18(5)6)12(20)15-8-11(19)14(2,3)4/h7H,8H2,1-6H3,(H,15,20). The number of anilines is 1. The molecule has 1 aromatic rings. The quantitative estimate of drug-likeness (QED) is 0.895. The van der Waals surface area contributed by atoms with Gasteiger partial charge in [-0.3, -0.25) is 9.59 Å². The van der Waals surface area contributed by atoms with E-state index in [1.807, 2.05) is 20.8 Å². The normalized spacial score (nSPS) is 11.1. The predicted octanol–water partition coefficient (Wildman–Crippen LogP) is 1.20. The van der Waals surface area contributed by atoms with Crippen LogP contribution in [0, 0.1) is 12.3 Å². The summed E-state index contributed by atoms with van der Waals surface area (Å²) >= 11 is 0. The Hall–Kier alpha value is -1.98. The van der Waals surface area contributed by atoms with E-state index in [0.29, 0.717) is 11.6 Å². The molecule has 1 N–H and O–H groups in total. The second-order valence-electron chi connectivity index (χ2n) is 5.94. The molecule has 0 aliphatic rings. The van der Waals surface area contributed by atoms with Crippen LogP contribution in [0.25, 0.3) is 0 Å². The lowest BCUT2D eigenvalue weighted by atomic mass is 9.91. The molecule has 110 valence electrons. The maximum absolute atomic E-state index is 12.0. The van der Waals surface area contributed by atoms with Gasteiger partial charge in [-0.1, -0.05) is 20.8 Å². The van der Waals surface area contributed by atoms with Gasteiger partial charge >= 0.3 is 0 Å². The van der Waals surface area contributed by atoms with Crippen LogP contribution in [-0.2, 0) is 4.79 Å². The van der Waals surface area contributed by atoms with E-state index in [1.54, 1.807) is 32.0 Å². The summed E-state index contributed by atoms with van der Waals surface area (Å²) in [5, 5.41) is 2.60. The molecule has 1 rings (SSSR count). The van der Waals surface area contributed by atoms with Gasteiger partial charge in [0.15, 0.2) is 5.78 Å². The predicted molar refractivity (Wildman–Crippen MR) is 77.9 cm³/mol. The van der Waals surface area contributed by atoms with Gasteiger partial charge in [-0.25, -0.2) is 9.97 Å². The van der Waals surface area contributed by atoms with Crippen LogP contribution in [0.4, 0.5) is 5.95 Å². The van der Waals surface area contributed by atoms with E-state index in [-0.39, 0.29) is 23.9 Å². The van der Waals surface area contributed by atoms with Gasteiger partial charge in [0.1, 0.15) is 5.69 Å². The highest BCUT2D eigenvalue weighted by Gasteiger charge is 2.22. The first-order chi connectivity index (χ1) is 9.11. The molecule has 6 heteroatoms. The Kier molecular flexibility index (Phi) is 4.81. The Bertz CT molecular complexity index is 518. The minimum Gasteiger partial charge on any atom is -0.347 e. The number of carbonyl (C=O) groups excluding carboxylic acids is 2. The summed E-state index contributed by atoms with van der Waals surface area (Å²) in [7, 11) is 3.61. The van der Waals surface area contributed by atoms with Crippen LogP contribution in [0.1, 0.15) is 37.0 Å². The molecule has 0 radical (unpaired) electrons. The number of hydrogen-bond acceptors (Lipinski definition) is 5. The van der Waals surface area contributed by atoms with E-state index < -0.39 is 5.41 Å². The average molecular weight is 278 g/mol. The molecule has 0 atom stereocenters. The molecule has 0 aliphatic heterocycles. The highest BCUT2D eigenvalue weighted by atomic mass is 16.2. The van der Waals surface area contributed by atoms with Crippen LogP contribution >= 0.6 is 0 Å². The number of amides is 1. The zero-order valence-corrected chi connectivity index (χ0v) is 12.9. The Morgan fingerprint density at radius 2 is 1.85 bits per heavy atom. The Labute approximate surface area is 119 Å². The van der Waals surface area contributed by atoms with Gasteiger partial charge in [0.2, 0.25) is 5.95 Å². The van der Waals surface area contributed by atoms with Gasteiger partial charge in [-0.15, -0.1) is 0 Å². The zero-order chi connectivity index (χ0) is 15.5. The molecular weight excluding hydrogens is 256 g/mol. The van der Waals surface area contributed by atoms with Gasteiger partial charge in [-0.05, 0) is 13.0 Å². The van der Waals surface area contributed by atoms with Gasteiger partial charge in [0.05, 0.1) is 6.54 Å². The molecule has 0 bridgehead atoms. The van der Waals surface area contributed by atoms with Crippen LogP contribution in [-0.4, -0.2) is 42.3 Å². The van der Waals surface area contributed by atoms with Crippen molar-refractivity contribution in [3.05, 3.63) is 17.5 Å². The van der Waals surface area contributed by atoms with Crippen molar-refractivity contribution < 1.29 is 9.59 Å². The molecule has 0 aromatic carbocycles. The van der Waals surface area contributed by atoms with Crippen molar-refractivity contribution in [1.29, 1.82) is 0 Å². The molecule has 6 nitrogen and oxygen atoms in total. The molecule has 1 aromatic heterocycles. The van der Waals surface area contributed by atoms with E-state index in [9.17, 15) is 9.59 Å². The molecule has 0 spiro atoms. The third-order valence-electron chi connectivity index (χ3n) is 2.72. The molecule has 1 amide bonds. The maximum atomic E-state index is 12.0. The summed E-state index contributed by atoms with van der Waals surface area (Å²) in [6, 6.07) is 1.60. The van der Waals surface area contributed by atoms with E-state index in [0.717, 1.165) is 0 Å². The Morgan fingerprint density at radius 3 is 2.35 bits per heavy atom. The van der Waals surface area contributed by atoms with Crippen LogP contribution in [0.2, 0.25) is 0 Å². The summed E-state index contributed by atoms with van der Waals surface area (Å²) in [6.45, 7) is 7.26. The highest BCUT2D eigenvalue weighted by molar-refractivity contribution is 5.96. The smallest absolute Gasteiger partial charge is 0.270 e. The second-order valence-corrected chi connectivity index (χ2v) is 5.94. The molecule has 1 heterocycles. The maximum Gasteiger partial charge on any atom is 0.270 e. The Balaban J connectivity index is 2.81. The summed E-state index contributed by atoms with van der Waals surface area (Å²) in [4.78, 5) is 33.9. The summed E-state index contributed by atoms with van der Waals surface area (Å²) in [5.74, 6) is 0.0814. The van der Waals surface area contributed by atoms with Gasteiger partial charge in [0, 0.05) is 25.2 Å².